The van der Waals surface area contributed by atoms with Crippen LogP contribution in [-0.2, 0) is 0 Å². The summed E-state index contributed by atoms with van der Waals surface area (Å²) >= 11 is 9.97. The van der Waals surface area contributed by atoms with Crippen molar-refractivity contribution in [1.82, 2.24) is 9.97 Å². The number of benzene rings is 4. The quantitative estimate of drug-likeness (QED) is 0.215. The second-order valence-electron chi connectivity index (χ2n) is 8.76. The Kier molecular flexibility index (Phi) is 6.37. The first-order valence-corrected chi connectivity index (χ1v) is 13.1. The second kappa shape index (κ2) is 9.96. The number of para-hydroxylation sites is 1. The molecule has 1 aromatic heterocycles. The molecule has 0 amide bonds. The highest BCUT2D eigenvalue weighted by Crippen LogP contribution is 2.41. The average molecular weight is 570 g/mol. The Labute approximate surface area is 228 Å². The fourth-order valence-electron chi connectivity index (χ4n) is 4.73. The van der Waals surface area contributed by atoms with Gasteiger partial charge >= 0.3 is 0 Å². The molecule has 0 spiro atoms. The number of hydrogen-bond acceptors (Lipinski definition) is 5. The van der Waals surface area contributed by atoms with E-state index in [-0.39, 0.29) is 6.04 Å². The number of ether oxygens (including phenoxy) is 1. The molecule has 4 aromatic carbocycles. The van der Waals surface area contributed by atoms with Crippen LogP contribution < -0.4 is 9.75 Å². The van der Waals surface area contributed by atoms with Crippen molar-refractivity contribution >= 4 is 50.1 Å². The van der Waals surface area contributed by atoms with Crippen LogP contribution >= 0.6 is 27.5 Å². The Morgan fingerprint density at radius 3 is 2.46 bits per heavy atom. The number of anilines is 1. The van der Waals surface area contributed by atoms with Crippen molar-refractivity contribution in [3.8, 4) is 17.0 Å². The summed E-state index contributed by atoms with van der Waals surface area (Å²) in [5.74, 6) is 1.33. The number of methoxy groups -OCH3 is 1. The summed E-state index contributed by atoms with van der Waals surface area (Å²) in [6, 6.07) is 31.9. The molecule has 182 valence electrons. The molecule has 1 aliphatic heterocycles. The molecule has 6 rings (SSSR count). The first kappa shape index (κ1) is 23.6. The Bertz CT molecular complexity index is 1640. The molecule has 7 heteroatoms. The van der Waals surface area contributed by atoms with Crippen molar-refractivity contribution in [2.75, 3.05) is 12.1 Å². The summed E-state index contributed by atoms with van der Waals surface area (Å²) in [7, 11) is 1.69. The van der Waals surface area contributed by atoms with E-state index in [1.165, 1.54) is 0 Å². The molecule has 0 saturated heterocycles. The van der Waals surface area contributed by atoms with Crippen LogP contribution in [0, 0.1) is 0 Å². The maximum atomic E-state index is 6.38. The topological polar surface area (TPSA) is 50.6 Å². The van der Waals surface area contributed by atoms with Gasteiger partial charge in [-0.1, -0.05) is 88.2 Å². The standard InChI is InChI=1S/C30H22BrClN4O/c1-37-28-13-6-5-12-23(28)27-18-26(20-10-7-11-21(31)16-20)35-36(27)30-33-25-15-14-22(32)17-24(25)29(34-30)19-8-3-2-4-9-19/h2-17,27H,18H2,1H3. The lowest BCUT2D eigenvalue weighted by Crippen LogP contribution is -2.21. The van der Waals surface area contributed by atoms with Crippen LogP contribution in [0.1, 0.15) is 23.6 Å². The van der Waals surface area contributed by atoms with E-state index >= 15 is 0 Å². The number of aromatic nitrogens is 2. The highest BCUT2D eigenvalue weighted by Gasteiger charge is 2.34. The maximum absolute atomic E-state index is 6.38. The van der Waals surface area contributed by atoms with E-state index in [2.05, 4.69) is 34.1 Å². The van der Waals surface area contributed by atoms with E-state index in [0.717, 1.165) is 49.2 Å². The molecule has 0 radical (unpaired) electrons. The number of nitrogens with zero attached hydrogens (tertiary/aromatic N) is 4. The van der Waals surface area contributed by atoms with E-state index in [1.807, 2.05) is 83.9 Å². The van der Waals surface area contributed by atoms with Crippen LogP contribution in [-0.4, -0.2) is 22.8 Å². The van der Waals surface area contributed by atoms with Gasteiger partial charge in [0.15, 0.2) is 0 Å². The smallest absolute Gasteiger partial charge is 0.247 e. The van der Waals surface area contributed by atoms with Crippen LogP contribution in [0.5, 0.6) is 5.75 Å². The van der Waals surface area contributed by atoms with Gasteiger partial charge in [-0.3, -0.25) is 0 Å². The van der Waals surface area contributed by atoms with Crippen molar-refractivity contribution in [2.45, 2.75) is 12.5 Å². The molecule has 5 nitrogen and oxygen atoms in total. The monoisotopic (exact) mass is 568 g/mol. The summed E-state index contributed by atoms with van der Waals surface area (Å²) in [4.78, 5) is 10.0. The van der Waals surface area contributed by atoms with Crippen LogP contribution in [0.3, 0.4) is 0 Å². The van der Waals surface area contributed by atoms with E-state index in [4.69, 9.17) is 31.4 Å². The molecular formula is C30H22BrClN4O. The lowest BCUT2D eigenvalue weighted by molar-refractivity contribution is 0.405. The summed E-state index contributed by atoms with van der Waals surface area (Å²) in [5.41, 5.74) is 5.64. The van der Waals surface area contributed by atoms with Crippen molar-refractivity contribution in [3.63, 3.8) is 0 Å². The predicted molar refractivity (Wildman–Crippen MR) is 153 cm³/mol. The molecule has 5 aromatic rings. The Balaban J connectivity index is 1.56. The highest BCUT2D eigenvalue weighted by atomic mass is 79.9. The first-order valence-electron chi connectivity index (χ1n) is 11.9. The first-order chi connectivity index (χ1) is 18.1. The number of hydrogen-bond donors (Lipinski definition) is 0. The molecule has 0 fully saturated rings. The van der Waals surface area contributed by atoms with Gasteiger partial charge in [0.05, 0.1) is 30.1 Å². The lowest BCUT2D eigenvalue weighted by atomic mass is 9.98. The molecule has 2 heterocycles. The number of halogens is 2. The van der Waals surface area contributed by atoms with Gasteiger partial charge in [0.1, 0.15) is 5.75 Å². The van der Waals surface area contributed by atoms with Crippen molar-refractivity contribution in [2.24, 2.45) is 5.10 Å². The maximum Gasteiger partial charge on any atom is 0.247 e. The third kappa shape index (κ3) is 4.59. The van der Waals surface area contributed by atoms with Gasteiger partial charge in [-0.25, -0.2) is 15.0 Å². The highest BCUT2D eigenvalue weighted by molar-refractivity contribution is 9.10. The van der Waals surface area contributed by atoms with Crippen LogP contribution in [0.2, 0.25) is 5.02 Å². The van der Waals surface area contributed by atoms with E-state index in [1.54, 1.807) is 7.11 Å². The van der Waals surface area contributed by atoms with Gasteiger partial charge in [0.25, 0.3) is 0 Å². The van der Waals surface area contributed by atoms with Crippen LogP contribution in [0.25, 0.3) is 22.2 Å². The fourth-order valence-corrected chi connectivity index (χ4v) is 5.30. The minimum absolute atomic E-state index is 0.140. The zero-order valence-electron chi connectivity index (χ0n) is 20.0. The molecular weight excluding hydrogens is 548 g/mol. The summed E-state index contributed by atoms with van der Waals surface area (Å²) in [5, 5.41) is 8.55. The molecule has 0 aliphatic carbocycles. The normalized spacial score (nSPS) is 15.2. The molecule has 1 atom stereocenters. The third-order valence-corrected chi connectivity index (χ3v) is 7.19. The SMILES string of the molecule is COc1ccccc1C1CC(c2cccc(Br)c2)=NN1c1nc(-c2ccccc2)c2cc(Cl)ccc2n1. The summed E-state index contributed by atoms with van der Waals surface area (Å²) in [6.07, 6.45) is 0.680. The van der Waals surface area contributed by atoms with Crippen LogP contribution in [0.4, 0.5) is 5.95 Å². The minimum atomic E-state index is -0.140. The van der Waals surface area contributed by atoms with E-state index in [9.17, 15) is 0 Å². The van der Waals surface area contributed by atoms with Gasteiger partial charge < -0.3 is 4.74 Å². The van der Waals surface area contributed by atoms with E-state index in [0.29, 0.717) is 17.4 Å². The minimum Gasteiger partial charge on any atom is -0.496 e. The molecule has 1 aliphatic rings. The second-order valence-corrected chi connectivity index (χ2v) is 10.1. The predicted octanol–water partition coefficient (Wildman–Crippen LogP) is 8.08. The third-order valence-electron chi connectivity index (χ3n) is 6.46. The molecule has 0 bridgehead atoms. The Hall–Kier alpha value is -3.74. The number of rotatable bonds is 5. The largest absolute Gasteiger partial charge is 0.496 e. The molecule has 0 N–H and O–H groups in total. The van der Waals surface area contributed by atoms with Gasteiger partial charge in [0.2, 0.25) is 5.95 Å². The van der Waals surface area contributed by atoms with Gasteiger partial charge in [-0.2, -0.15) is 5.10 Å². The van der Waals surface area contributed by atoms with Crippen molar-refractivity contribution in [3.05, 3.63) is 118 Å². The number of fused-ring (bicyclic) bond motifs is 1. The fraction of sp³-hybridized carbons (Fsp3) is 0.100. The van der Waals surface area contributed by atoms with Gasteiger partial charge in [-0.05, 0) is 42.0 Å². The average Bonchev–Trinajstić information content (AvgIpc) is 3.38. The molecule has 1 unspecified atom stereocenters. The molecule has 0 saturated carbocycles. The number of hydrazone groups is 1. The Morgan fingerprint density at radius 1 is 0.865 bits per heavy atom. The summed E-state index contributed by atoms with van der Waals surface area (Å²) in [6.45, 7) is 0. The van der Waals surface area contributed by atoms with Crippen molar-refractivity contribution < 1.29 is 4.74 Å². The van der Waals surface area contributed by atoms with Crippen LogP contribution in [0.15, 0.2) is 107 Å². The van der Waals surface area contributed by atoms with Crippen molar-refractivity contribution in [1.29, 1.82) is 0 Å². The van der Waals surface area contributed by atoms with Gasteiger partial charge in [0, 0.05) is 32.4 Å². The van der Waals surface area contributed by atoms with E-state index < -0.39 is 0 Å². The zero-order valence-corrected chi connectivity index (χ0v) is 22.3. The molecule has 37 heavy (non-hydrogen) atoms. The lowest BCUT2D eigenvalue weighted by Gasteiger charge is -2.24. The summed E-state index contributed by atoms with van der Waals surface area (Å²) < 4.78 is 6.74. The Morgan fingerprint density at radius 2 is 1.65 bits per heavy atom. The van der Waals surface area contributed by atoms with Gasteiger partial charge in [-0.15, -0.1) is 0 Å². The zero-order chi connectivity index (χ0) is 25.4.